The topological polar surface area (TPSA) is 41.6 Å². The van der Waals surface area contributed by atoms with Gasteiger partial charge in [0.25, 0.3) is 0 Å². The Balaban J connectivity index is 2.39. The molecule has 0 aromatic carbocycles. The van der Waals surface area contributed by atoms with Crippen molar-refractivity contribution in [3.05, 3.63) is 0 Å². The molecule has 0 heterocycles. The van der Waals surface area contributed by atoms with Crippen LogP contribution < -0.4 is 5.32 Å². The summed E-state index contributed by atoms with van der Waals surface area (Å²) >= 11 is 0. The van der Waals surface area contributed by atoms with Crippen molar-refractivity contribution in [2.75, 3.05) is 26.7 Å². The van der Waals surface area contributed by atoms with Crippen LogP contribution in [0.3, 0.4) is 0 Å². The molecule has 0 saturated heterocycles. The molecule has 0 aromatic rings. The number of hydrogen-bond donors (Lipinski definition) is 1. The summed E-state index contributed by atoms with van der Waals surface area (Å²) in [6.07, 6.45) is 4.59. The van der Waals surface area contributed by atoms with Gasteiger partial charge >= 0.3 is 5.97 Å². The van der Waals surface area contributed by atoms with Crippen molar-refractivity contribution in [3.63, 3.8) is 0 Å². The number of rotatable bonds is 10. The van der Waals surface area contributed by atoms with Gasteiger partial charge in [0.1, 0.15) is 5.54 Å². The number of esters is 1. The molecule has 2 atom stereocenters. The third-order valence-electron chi connectivity index (χ3n) is 4.48. The minimum Gasteiger partial charge on any atom is -0.465 e. The minimum absolute atomic E-state index is 0.125. The molecule has 0 spiro atoms. The molecule has 1 N–H and O–H groups in total. The summed E-state index contributed by atoms with van der Waals surface area (Å²) in [7, 11) is 2.19. The lowest BCUT2D eigenvalue weighted by Crippen LogP contribution is -2.50. The monoisotopic (exact) mass is 284 g/mol. The first-order valence-corrected chi connectivity index (χ1v) is 8.07. The van der Waals surface area contributed by atoms with E-state index in [-0.39, 0.29) is 5.97 Å². The maximum Gasteiger partial charge on any atom is 0.326 e. The van der Waals surface area contributed by atoms with Crippen molar-refractivity contribution in [1.29, 1.82) is 0 Å². The van der Waals surface area contributed by atoms with Gasteiger partial charge in [-0.3, -0.25) is 4.79 Å². The quantitative estimate of drug-likeness (QED) is 0.626. The number of likely N-dealkylation sites (N-methyl/N-ethyl adjacent to an activating group) is 1. The summed E-state index contributed by atoms with van der Waals surface area (Å²) in [5.74, 6) is 0.768. The van der Waals surface area contributed by atoms with Crippen LogP contribution in [0.15, 0.2) is 0 Å². The summed E-state index contributed by atoms with van der Waals surface area (Å²) in [5, 5.41) is 3.29. The SMILES string of the molecule is CCNC(C)(CCCN(C)C(C)C1CC1)C(=O)OCC. The number of nitrogens with one attached hydrogen (secondary N) is 1. The van der Waals surface area contributed by atoms with E-state index in [1.54, 1.807) is 0 Å². The Bertz CT molecular complexity index is 305. The van der Waals surface area contributed by atoms with Crippen LogP contribution in [0.25, 0.3) is 0 Å². The fourth-order valence-corrected chi connectivity index (χ4v) is 2.77. The molecule has 20 heavy (non-hydrogen) atoms. The molecule has 0 aromatic heterocycles. The van der Waals surface area contributed by atoms with Gasteiger partial charge in [-0.15, -0.1) is 0 Å². The fourth-order valence-electron chi connectivity index (χ4n) is 2.77. The number of ether oxygens (including phenoxy) is 1. The molecular formula is C16H32N2O2. The Kier molecular flexibility index (Phi) is 6.96. The van der Waals surface area contributed by atoms with Gasteiger partial charge in [-0.2, -0.15) is 0 Å². The zero-order valence-electron chi connectivity index (χ0n) is 13.9. The van der Waals surface area contributed by atoms with Crippen LogP contribution in [0.1, 0.15) is 53.4 Å². The first kappa shape index (κ1) is 17.4. The molecule has 1 aliphatic rings. The summed E-state index contributed by atoms with van der Waals surface area (Å²) in [6, 6.07) is 0.669. The highest BCUT2D eigenvalue weighted by molar-refractivity contribution is 5.80. The Morgan fingerprint density at radius 1 is 1.45 bits per heavy atom. The van der Waals surface area contributed by atoms with E-state index in [0.717, 1.165) is 31.8 Å². The molecule has 1 aliphatic carbocycles. The fraction of sp³-hybridized carbons (Fsp3) is 0.938. The lowest BCUT2D eigenvalue weighted by molar-refractivity contribution is -0.150. The average Bonchev–Trinajstić information content (AvgIpc) is 3.22. The molecule has 0 aliphatic heterocycles. The summed E-state index contributed by atoms with van der Waals surface area (Å²) in [6.45, 7) is 10.4. The van der Waals surface area contributed by atoms with Gasteiger partial charge in [0, 0.05) is 6.04 Å². The van der Waals surface area contributed by atoms with Crippen LogP contribution in [-0.4, -0.2) is 49.2 Å². The van der Waals surface area contributed by atoms with Gasteiger partial charge in [-0.25, -0.2) is 0 Å². The van der Waals surface area contributed by atoms with E-state index in [1.807, 2.05) is 20.8 Å². The summed E-state index contributed by atoms with van der Waals surface area (Å²) < 4.78 is 5.20. The van der Waals surface area contributed by atoms with Gasteiger partial charge in [-0.1, -0.05) is 6.92 Å². The van der Waals surface area contributed by atoms with Gasteiger partial charge in [0.05, 0.1) is 6.61 Å². The largest absolute Gasteiger partial charge is 0.465 e. The van der Waals surface area contributed by atoms with Crippen molar-refractivity contribution in [2.24, 2.45) is 5.92 Å². The van der Waals surface area contributed by atoms with E-state index in [4.69, 9.17) is 4.74 Å². The molecule has 0 radical (unpaired) electrons. The molecule has 2 unspecified atom stereocenters. The zero-order chi connectivity index (χ0) is 15.2. The van der Waals surface area contributed by atoms with E-state index in [9.17, 15) is 4.79 Å². The lowest BCUT2D eigenvalue weighted by Gasteiger charge is -2.30. The van der Waals surface area contributed by atoms with E-state index in [1.165, 1.54) is 12.8 Å². The van der Waals surface area contributed by atoms with Gasteiger partial charge < -0.3 is 15.0 Å². The minimum atomic E-state index is -0.547. The Labute approximate surface area is 124 Å². The molecule has 4 heteroatoms. The second kappa shape index (κ2) is 7.99. The van der Waals surface area contributed by atoms with Crippen LogP contribution in [0.2, 0.25) is 0 Å². The Morgan fingerprint density at radius 3 is 2.60 bits per heavy atom. The first-order chi connectivity index (χ1) is 9.44. The van der Waals surface area contributed by atoms with E-state index in [0.29, 0.717) is 12.6 Å². The second-order valence-corrected chi connectivity index (χ2v) is 6.25. The Morgan fingerprint density at radius 2 is 2.10 bits per heavy atom. The van der Waals surface area contributed by atoms with Crippen LogP contribution in [0.5, 0.6) is 0 Å². The Hall–Kier alpha value is -0.610. The number of nitrogens with zero attached hydrogens (tertiary/aromatic N) is 1. The van der Waals surface area contributed by atoms with Gasteiger partial charge in [0.2, 0.25) is 0 Å². The average molecular weight is 284 g/mol. The molecule has 118 valence electrons. The standard InChI is InChI=1S/C16H32N2O2/c1-6-17-16(4,15(19)20-7-2)11-8-12-18(5)13(3)14-9-10-14/h13-14,17H,6-12H2,1-5H3. The first-order valence-electron chi connectivity index (χ1n) is 8.07. The zero-order valence-corrected chi connectivity index (χ0v) is 13.9. The predicted octanol–water partition coefficient (Wildman–Crippen LogP) is 2.43. The second-order valence-electron chi connectivity index (χ2n) is 6.25. The van der Waals surface area contributed by atoms with Crippen molar-refractivity contribution in [2.45, 2.75) is 65.0 Å². The van der Waals surface area contributed by atoms with Crippen LogP contribution in [0.4, 0.5) is 0 Å². The molecule has 0 bridgehead atoms. The lowest BCUT2D eigenvalue weighted by atomic mass is 9.95. The van der Waals surface area contributed by atoms with Crippen LogP contribution in [-0.2, 0) is 9.53 Å². The maximum atomic E-state index is 12.1. The third-order valence-corrected chi connectivity index (χ3v) is 4.48. The van der Waals surface area contributed by atoms with Crippen molar-refractivity contribution in [1.82, 2.24) is 10.2 Å². The summed E-state index contributed by atoms with van der Waals surface area (Å²) in [4.78, 5) is 14.5. The highest BCUT2D eigenvalue weighted by Gasteiger charge is 2.34. The highest BCUT2D eigenvalue weighted by atomic mass is 16.5. The third kappa shape index (κ3) is 5.06. The molecule has 0 amide bonds. The van der Waals surface area contributed by atoms with E-state index in [2.05, 4.69) is 24.2 Å². The number of hydrogen-bond acceptors (Lipinski definition) is 4. The van der Waals surface area contributed by atoms with Gasteiger partial charge in [0.15, 0.2) is 0 Å². The highest BCUT2D eigenvalue weighted by Crippen LogP contribution is 2.34. The smallest absolute Gasteiger partial charge is 0.326 e. The molecule has 1 rings (SSSR count). The van der Waals surface area contributed by atoms with Crippen LogP contribution >= 0.6 is 0 Å². The van der Waals surface area contributed by atoms with E-state index < -0.39 is 5.54 Å². The predicted molar refractivity (Wildman–Crippen MR) is 82.8 cm³/mol. The van der Waals surface area contributed by atoms with Gasteiger partial charge in [-0.05, 0) is 72.5 Å². The maximum absolute atomic E-state index is 12.1. The molecule has 4 nitrogen and oxygen atoms in total. The van der Waals surface area contributed by atoms with Crippen molar-refractivity contribution in [3.8, 4) is 0 Å². The van der Waals surface area contributed by atoms with E-state index >= 15 is 0 Å². The molecule has 1 saturated carbocycles. The van der Waals surface area contributed by atoms with Crippen LogP contribution in [0, 0.1) is 5.92 Å². The molecule has 1 fully saturated rings. The van der Waals surface area contributed by atoms with Crippen molar-refractivity contribution < 1.29 is 9.53 Å². The normalized spacial score (nSPS) is 19.7. The summed E-state index contributed by atoms with van der Waals surface area (Å²) in [5.41, 5.74) is -0.547. The molecular weight excluding hydrogens is 252 g/mol. The number of carbonyl (C=O) groups is 1. The van der Waals surface area contributed by atoms with Crippen molar-refractivity contribution >= 4 is 5.97 Å². The number of carbonyl (C=O) groups excluding carboxylic acids is 1.